The summed E-state index contributed by atoms with van der Waals surface area (Å²) in [6.07, 6.45) is 1.23. The number of likely N-dealkylation sites (tertiary alicyclic amines) is 1. The number of hydrogen-bond donors (Lipinski definition) is 1. The fourth-order valence-electron chi connectivity index (χ4n) is 2.91. The van der Waals surface area contributed by atoms with Gasteiger partial charge in [0.2, 0.25) is 0 Å². The van der Waals surface area contributed by atoms with Crippen molar-refractivity contribution in [2.24, 2.45) is 0 Å². The summed E-state index contributed by atoms with van der Waals surface area (Å²) in [6.45, 7) is 2.36. The van der Waals surface area contributed by atoms with E-state index in [0.29, 0.717) is 12.0 Å². The smallest absolute Gasteiger partial charge is 0.120 e. The van der Waals surface area contributed by atoms with E-state index in [4.69, 9.17) is 4.74 Å². The molecular formula is C13H18N2O. The molecule has 2 atom stereocenters. The largest absolute Gasteiger partial charge is 0.497 e. The maximum atomic E-state index is 5.26. The molecule has 2 unspecified atom stereocenters. The van der Waals surface area contributed by atoms with E-state index in [1.165, 1.54) is 24.2 Å². The summed E-state index contributed by atoms with van der Waals surface area (Å²) < 4.78 is 5.26. The van der Waals surface area contributed by atoms with E-state index >= 15 is 0 Å². The Morgan fingerprint density at radius 1 is 1.44 bits per heavy atom. The molecule has 1 aromatic rings. The van der Waals surface area contributed by atoms with Gasteiger partial charge < -0.3 is 15.0 Å². The van der Waals surface area contributed by atoms with Crippen LogP contribution in [0.3, 0.4) is 0 Å². The topological polar surface area (TPSA) is 24.5 Å². The Labute approximate surface area is 96.4 Å². The first-order valence-electron chi connectivity index (χ1n) is 5.91. The van der Waals surface area contributed by atoms with Gasteiger partial charge in [0.05, 0.1) is 7.11 Å². The number of ether oxygens (including phenoxy) is 1. The number of nitrogens with zero attached hydrogens (tertiary/aromatic N) is 1. The molecule has 3 nitrogen and oxygen atoms in total. The summed E-state index contributed by atoms with van der Waals surface area (Å²) >= 11 is 0. The zero-order chi connectivity index (χ0) is 11.1. The van der Waals surface area contributed by atoms with Crippen LogP contribution in [0.1, 0.15) is 17.9 Å². The molecule has 2 heterocycles. The van der Waals surface area contributed by atoms with Gasteiger partial charge in [-0.05, 0) is 31.6 Å². The van der Waals surface area contributed by atoms with Crippen LogP contribution in [0.5, 0.6) is 5.75 Å². The Bertz CT molecular complexity index is 405. The van der Waals surface area contributed by atoms with Crippen LogP contribution in [0.15, 0.2) is 18.2 Å². The number of hydrogen-bond acceptors (Lipinski definition) is 3. The van der Waals surface area contributed by atoms with E-state index in [-0.39, 0.29) is 0 Å². The lowest BCUT2D eigenvalue weighted by Crippen LogP contribution is -2.39. The van der Waals surface area contributed by atoms with Gasteiger partial charge in [0.15, 0.2) is 0 Å². The number of anilines is 1. The summed E-state index contributed by atoms with van der Waals surface area (Å²) in [7, 11) is 3.93. The van der Waals surface area contributed by atoms with Crippen molar-refractivity contribution >= 4 is 5.69 Å². The lowest BCUT2D eigenvalue weighted by atomic mass is 9.90. The molecule has 1 N–H and O–H groups in total. The highest BCUT2D eigenvalue weighted by Crippen LogP contribution is 2.41. The van der Waals surface area contributed by atoms with Crippen LogP contribution in [0, 0.1) is 0 Å². The zero-order valence-electron chi connectivity index (χ0n) is 9.86. The first-order chi connectivity index (χ1) is 7.78. The van der Waals surface area contributed by atoms with Gasteiger partial charge in [-0.2, -0.15) is 0 Å². The van der Waals surface area contributed by atoms with Gasteiger partial charge >= 0.3 is 0 Å². The quantitative estimate of drug-likeness (QED) is 0.779. The summed E-state index contributed by atoms with van der Waals surface area (Å²) in [4.78, 5) is 2.42. The molecule has 16 heavy (non-hydrogen) atoms. The van der Waals surface area contributed by atoms with Gasteiger partial charge in [-0.1, -0.05) is 6.07 Å². The van der Waals surface area contributed by atoms with Crippen molar-refractivity contribution in [3.8, 4) is 5.75 Å². The minimum atomic E-state index is 0.623. The molecule has 2 aliphatic rings. The highest BCUT2D eigenvalue weighted by Gasteiger charge is 2.35. The average Bonchev–Trinajstić information content (AvgIpc) is 2.66. The minimum Gasteiger partial charge on any atom is -0.497 e. The van der Waals surface area contributed by atoms with E-state index in [1.54, 1.807) is 7.11 Å². The van der Waals surface area contributed by atoms with Crippen LogP contribution in [0.2, 0.25) is 0 Å². The number of fused-ring (bicyclic) bond motifs is 3. The van der Waals surface area contributed by atoms with Crippen molar-refractivity contribution in [2.75, 3.05) is 32.6 Å². The fraction of sp³-hybridized carbons (Fsp3) is 0.538. The predicted octanol–water partition coefficient (Wildman–Crippen LogP) is 1.91. The molecule has 0 radical (unpaired) electrons. The van der Waals surface area contributed by atoms with Crippen molar-refractivity contribution in [3.05, 3.63) is 23.8 Å². The number of methoxy groups -OCH3 is 1. The third-order valence-electron chi connectivity index (χ3n) is 3.82. The Morgan fingerprint density at radius 2 is 2.31 bits per heavy atom. The van der Waals surface area contributed by atoms with Crippen LogP contribution >= 0.6 is 0 Å². The van der Waals surface area contributed by atoms with E-state index in [9.17, 15) is 0 Å². The van der Waals surface area contributed by atoms with Gasteiger partial charge in [0.1, 0.15) is 5.75 Å². The molecule has 0 saturated carbocycles. The maximum Gasteiger partial charge on any atom is 0.120 e. The van der Waals surface area contributed by atoms with Crippen LogP contribution < -0.4 is 10.1 Å². The van der Waals surface area contributed by atoms with Crippen LogP contribution in [-0.4, -0.2) is 38.2 Å². The number of likely N-dealkylation sites (N-methyl/N-ethyl adjacent to an activating group) is 1. The van der Waals surface area contributed by atoms with Gasteiger partial charge in [-0.25, -0.2) is 0 Å². The second-order valence-corrected chi connectivity index (χ2v) is 4.86. The highest BCUT2D eigenvalue weighted by molar-refractivity contribution is 5.62. The second kappa shape index (κ2) is 3.67. The molecule has 2 aliphatic heterocycles. The Hall–Kier alpha value is -1.22. The molecule has 0 aliphatic carbocycles. The molecule has 1 saturated heterocycles. The Balaban J connectivity index is 1.94. The number of nitrogens with one attached hydrogen (secondary N) is 1. The molecule has 86 valence electrons. The highest BCUT2D eigenvalue weighted by atomic mass is 16.5. The predicted molar refractivity (Wildman–Crippen MR) is 65.3 cm³/mol. The molecule has 0 amide bonds. The third-order valence-corrected chi connectivity index (χ3v) is 3.82. The lowest BCUT2D eigenvalue weighted by Gasteiger charge is -2.32. The van der Waals surface area contributed by atoms with E-state index in [2.05, 4.69) is 35.5 Å². The van der Waals surface area contributed by atoms with E-state index < -0.39 is 0 Å². The molecule has 0 spiro atoms. The van der Waals surface area contributed by atoms with Gasteiger partial charge in [0, 0.05) is 30.3 Å². The molecule has 3 rings (SSSR count). The maximum absolute atomic E-state index is 5.26. The van der Waals surface area contributed by atoms with Crippen LogP contribution in [0.25, 0.3) is 0 Å². The average molecular weight is 218 g/mol. The van der Waals surface area contributed by atoms with Crippen LogP contribution in [-0.2, 0) is 0 Å². The van der Waals surface area contributed by atoms with Crippen molar-refractivity contribution < 1.29 is 4.74 Å². The van der Waals surface area contributed by atoms with Crippen LogP contribution in [0.4, 0.5) is 5.69 Å². The van der Waals surface area contributed by atoms with Crippen molar-refractivity contribution in [1.29, 1.82) is 0 Å². The number of rotatable bonds is 1. The molecule has 0 aromatic heterocycles. The molecule has 0 bridgehead atoms. The SMILES string of the molecule is COc1ccc2c(c1)NC1CCN(C)CC21. The van der Waals surface area contributed by atoms with Crippen molar-refractivity contribution in [3.63, 3.8) is 0 Å². The standard InChI is InChI=1S/C13H18N2O/c1-15-6-5-12-11(8-15)10-4-3-9(16-2)7-13(10)14-12/h3-4,7,11-12,14H,5-6,8H2,1-2H3. The molecule has 1 fully saturated rings. The first-order valence-corrected chi connectivity index (χ1v) is 5.91. The second-order valence-electron chi connectivity index (χ2n) is 4.86. The number of piperidine rings is 1. The fourth-order valence-corrected chi connectivity index (χ4v) is 2.91. The summed E-state index contributed by atoms with van der Waals surface area (Å²) in [5, 5.41) is 3.62. The molecule has 3 heteroatoms. The number of benzene rings is 1. The van der Waals surface area contributed by atoms with E-state index in [0.717, 1.165) is 12.3 Å². The van der Waals surface area contributed by atoms with Crippen molar-refractivity contribution in [2.45, 2.75) is 18.4 Å². The van der Waals surface area contributed by atoms with Crippen molar-refractivity contribution in [1.82, 2.24) is 4.90 Å². The minimum absolute atomic E-state index is 0.623. The summed E-state index contributed by atoms with van der Waals surface area (Å²) in [5.74, 6) is 1.60. The summed E-state index contributed by atoms with van der Waals surface area (Å²) in [6, 6.07) is 7.02. The van der Waals surface area contributed by atoms with Gasteiger partial charge in [0.25, 0.3) is 0 Å². The monoisotopic (exact) mass is 218 g/mol. The Kier molecular flexibility index (Phi) is 2.28. The van der Waals surface area contributed by atoms with Gasteiger partial charge in [-0.15, -0.1) is 0 Å². The van der Waals surface area contributed by atoms with Gasteiger partial charge in [-0.3, -0.25) is 0 Å². The zero-order valence-corrected chi connectivity index (χ0v) is 9.86. The normalized spacial score (nSPS) is 28.1. The Morgan fingerprint density at radius 3 is 3.12 bits per heavy atom. The lowest BCUT2D eigenvalue weighted by molar-refractivity contribution is 0.243. The summed E-state index contributed by atoms with van der Waals surface area (Å²) in [5.41, 5.74) is 2.72. The van der Waals surface area contributed by atoms with E-state index in [1.807, 2.05) is 0 Å². The third kappa shape index (κ3) is 1.47. The first kappa shape index (κ1) is 9.97. The molecular weight excluding hydrogens is 200 g/mol. The molecule has 1 aromatic carbocycles.